The lowest BCUT2D eigenvalue weighted by Crippen LogP contribution is -2.19. The third kappa shape index (κ3) is 5.24. The van der Waals surface area contributed by atoms with E-state index >= 15 is 0 Å². The lowest BCUT2D eigenvalue weighted by atomic mass is 10.1. The fourth-order valence-electron chi connectivity index (χ4n) is 3.09. The molecule has 0 radical (unpaired) electrons. The van der Waals surface area contributed by atoms with Crippen LogP contribution in [0.2, 0.25) is 0 Å². The molecule has 4 aromatic rings. The van der Waals surface area contributed by atoms with E-state index in [0.717, 1.165) is 26.8 Å². The first-order valence-corrected chi connectivity index (χ1v) is 10.6. The van der Waals surface area contributed by atoms with E-state index in [1.807, 2.05) is 91.0 Å². The molecular formula is C25H22N2O3S. The predicted molar refractivity (Wildman–Crippen MR) is 126 cm³/mol. The van der Waals surface area contributed by atoms with Gasteiger partial charge in [-0.3, -0.25) is 5.32 Å². The third-order valence-electron chi connectivity index (χ3n) is 4.59. The summed E-state index contributed by atoms with van der Waals surface area (Å²) in [5.41, 5.74) is 2.66. The van der Waals surface area contributed by atoms with Crippen LogP contribution in [0.15, 0.2) is 91.0 Å². The summed E-state index contributed by atoms with van der Waals surface area (Å²) in [5, 5.41) is 6.50. The second-order valence-electron chi connectivity index (χ2n) is 6.71. The maximum atomic E-state index is 12.6. The average molecular weight is 431 g/mol. The smallest absolute Gasteiger partial charge is 0.324 e. The van der Waals surface area contributed by atoms with Crippen LogP contribution in [-0.4, -0.2) is 13.1 Å². The van der Waals surface area contributed by atoms with Crippen LogP contribution < -0.4 is 20.1 Å². The summed E-state index contributed by atoms with van der Waals surface area (Å²) in [6.07, 6.45) is 0. The number of benzene rings is 3. The van der Waals surface area contributed by atoms with Crippen molar-refractivity contribution in [2.75, 3.05) is 17.7 Å². The highest BCUT2D eigenvalue weighted by Gasteiger charge is 2.12. The minimum Gasteiger partial charge on any atom is -0.496 e. The molecule has 0 saturated carbocycles. The molecule has 0 aliphatic carbocycles. The molecule has 4 rings (SSSR count). The first-order chi connectivity index (χ1) is 15.2. The lowest BCUT2D eigenvalue weighted by molar-refractivity contribution is 0.261. The van der Waals surface area contributed by atoms with Crippen LogP contribution in [0.5, 0.6) is 11.5 Å². The SMILES string of the molecule is COc1ccccc1-c1ccc(NC(=O)Nc2ccccc2OCc2ccccc2)s1. The molecule has 0 unspecified atom stereocenters. The molecule has 2 N–H and O–H groups in total. The largest absolute Gasteiger partial charge is 0.496 e. The van der Waals surface area contributed by atoms with Gasteiger partial charge in [0.25, 0.3) is 0 Å². The zero-order chi connectivity index (χ0) is 21.5. The maximum Gasteiger partial charge on any atom is 0.324 e. The zero-order valence-corrected chi connectivity index (χ0v) is 17.8. The number of urea groups is 1. The standard InChI is InChI=1S/C25H22N2O3S/c1-29-21-13-7-5-11-19(21)23-15-16-24(31-23)27-25(28)26-20-12-6-8-14-22(20)30-17-18-9-3-2-4-10-18/h2-16H,17H2,1H3,(H2,26,27,28). The van der Waals surface area contributed by atoms with Crippen molar-refractivity contribution in [3.05, 3.63) is 96.6 Å². The Morgan fingerprint density at radius 1 is 0.806 bits per heavy atom. The average Bonchev–Trinajstić information content (AvgIpc) is 3.27. The van der Waals surface area contributed by atoms with Gasteiger partial charge in [-0.05, 0) is 42.0 Å². The van der Waals surface area contributed by atoms with Crippen LogP contribution in [0, 0.1) is 0 Å². The van der Waals surface area contributed by atoms with Gasteiger partial charge >= 0.3 is 6.03 Å². The van der Waals surface area contributed by atoms with E-state index in [9.17, 15) is 4.79 Å². The summed E-state index contributed by atoms with van der Waals surface area (Å²) in [7, 11) is 1.65. The highest BCUT2D eigenvalue weighted by molar-refractivity contribution is 7.19. The molecule has 5 nitrogen and oxygen atoms in total. The summed E-state index contributed by atoms with van der Waals surface area (Å²) in [4.78, 5) is 13.6. The number of nitrogens with one attached hydrogen (secondary N) is 2. The molecule has 0 aliphatic rings. The summed E-state index contributed by atoms with van der Waals surface area (Å²) >= 11 is 1.48. The van der Waals surface area contributed by atoms with E-state index in [-0.39, 0.29) is 6.03 Å². The minimum atomic E-state index is -0.329. The highest BCUT2D eigenvalue weighted by atomic mass is 32.1. The van der Waals surface area contributed by atoms with E-state index in [4.69, 9.17) is 9.47 Å². The topological polar surface area (TPSA) is 59.6 Å². The van der Waals surface area contributed by atoms with Gasteiger partial charge in [0.15, 0.2) is 0 Å². The Morgan fingerprint density at radius 3 is 2.32 bits per heavy atom. The molecule has 1 aromatic heterocycles. The Morgan fingerprint density at radius 2 is 1.52 bits per heavy atom. The first-order valence-electron chi connectivity index (χ1n) is 9.80. The summed E-state index contributed by atoms with van der Waals surface area (Å²) < 4.78 is 11.3. The van der Waals surface area contributed by atoms with E-state index in [1.54, 1.807) is 7.11 Å². The Bertz CT molecular complexity index is 1160. The number of rotatable bonds is 7. The highest BCUT2D eigenvalue weighted by Crippen LogP contribution is 2.36. The molecule has 0 saturated heterocycles. The van der Waals surface area contributed by atoms with Crippen LogP contribution in [0.25, 0.3) is 10.4 Å². The molecule has 0 fully saturated rings. The molecule has 156 valence electrons. The minimum absolute atomic E-state index is 0.329. The predicted octanol–water partition coefficient (Wildman–Crippen LogP) is 6.65. The van der Waals surface area contributed by atoms with Crippen molar-refractivity contribution >= 4 is 28.1 Å². The van der Waals surface area contributed by atoms with Crippen LogP contribution >= 0.6 is 11.3 Å². The summed E-state index contributed by atoms with van der Waals surface area (Å²) in [6, 6.07) is 28.6. The van der Waals surface area contributed by atoms with Crippen LogP contribution in [0.3, 0.4) is 0 Å². The van der Waals surface area contributed by atoms with Crippen LogP contribution in [0.1, 0.15) is 5.56 Å². The molecule has 31 heavy (non-hydrogen) atoms. The number of carbonyl (C=O) groups excluding carboxylic acids is 1. The maximum absolute atomic E-state index is 12.6. The third-order valence-corrected chi connectivity index (χ3v) is 5.62. The van der Waals surface area contributed by atoms with Crippen LogP contribution in [-0.2, 0) is 6.61 Å². The quantitative estimate of drug-likeness (QED) is 0.345. The van der Waals surface area contributed by atoms with Crippen molar-refractivity contribution in [2.24, 2.45) is 0 Å². The number of ether oxygens (including phenoxy) is 2. The second kappa shape index (κ2) is 9.82. The van der Waals surface area contributed by atoms with E-state index in [2.05, 4.69) is 10.6 Å². The Balaban J connectivity index is 1.41. The first kappa shape index (κ1) is 20.5. The van der Waals surface area contributed by atoms with Crippen molar-refractivity contribution in [3.63, 3.8) is 0 Å². The van der Waals surface area contributed by atoms with Crippen molar-refractivity contribution in [2.45, 2.75) is 6.61 Å². The molecule has 0 spiro atoms. The Kier molecular flexibility index (Phi) is 6.50. The zero-order valence-electron chi connectivity index (χ0n) is 17.0. The van der Waals surface area contributed by atoms with Gasteiger partial charge in [-0.15, -0.1) is 11.3 Å². The number of para-hydroxylation sites is 3. The van der Waals surface area contributed by atoms with Gasteiger partial charge in [-0.1, -0.05) is 54.6 Å². The Labute approximate surface area is 185 Å². The van der Waals surface area contributed by atoms with Gasteiger partial charge in [0.2, 0.25) is 0 Å². The number of hydrogen-bond acceptors (Lipinski definition) is 4. The molecule has 0 atom stereocenters. The number of amides is 2. The number of carbonyl (C=O) groups is 1. The lowest BCUT2D eigenvalue weighted by Gasteiger charge is -2.12. The van der Waals surface area contributed by atoms with Gasteiger partial charge in [0.1, 0.15) is 18.1 Å². The molecular weight excluding hydrogens is 408 g/mol. The molecule has 1 heterocycles. The van der Waals surface area contributed by atoms with Crippen molar-refractivity contribution in [3.8, 4) is 21.9 Å². The normalized spacial score (nSPS) is 10.4. The van der Waals surface area contributed by atoms with Gasteiger partial charge in [0.05, 0.1) is 17.8 Å². The fraction of sp³-hybridized carbons (Fsp3) is 0.0800. The molecule has 0 aliphatic heterocycles. The number of hydrogen-bond donors (Lipinski definition) is 2. The van der Waals surface area contributed by atoms with Crippen LogP contribution in [0.4, 0.5) is 15.5 Å². The molecule has 0 bridgehead atoms. The fourth-order valence-corrected chi connectivity index (χ4v) is 4.03. The van der Waals surface area contributed by atoms with Gasteiger partial charge in [-0.2, -0.15) is 0 Å². The molecule has 2 amide bonds. The molecule has 6 heteroatoms. The van der Waals surface area contributed by atoms with Gasteiger partial charge in [-0.25, -0.2) is 4.79 Å². The van der Waals surface area contributed by atoms with Crippen molar-refractivity contribution < 1.29 is 14.3 Å². The molecule has 3 aromatic carbocycles. The summed E-state index contributed by atoms with van der Waals surface area (Å²) in [6.45, 7) is 0.425. The van der Waals surface area contributed by atoms with E-state index in [0.29, 0.717) is 18.0 Å². The number of anilines is 2. The monoisotopic (exact) mass is 430 g/mol. The van der Waals surface area contributed by atoms with Gasteiger partial charge in [0, 0.05) is 10.4 Å². The Hall–Kier alpha value is -3.77. The van der Waals surface area contributed by atoms with Crippen molar-refractivity contribution in [1.82, 2.24) is 0 Å². The summed E-state index contributed by atoms with van der Waals surface area (Å²) in [5.74, 6) is 1.41. The van der Waals surface area contributed by atoms with E-state index in [1.165, 1.54) is 11.3 Å². The second-order valence-corrected chi connectivity index (χ2v) is 7.80. The number of methoxy groups -OCH3 is 1. The van der Waals surface area contributed by atoms with Crippen molar-refractivity contribution in [1.29, 1.82) is 0 Å². The number of thiophene rings is 1. The van der Waals surface area contributed by atoms with E-state index < -0.39 is 0 Å². The van der Waals surface area contributed by atoms with Gasteiger partial charge < -0.3 is 14.8 Å².